The number of unbranched alkanes of at least 4 members (excludes halogenated alkanes) is 1. The molecule has 1 rings (SSSR count). The van der Waals surface area contributed by atoms with Gasteiger partial charge in [-0.05, 0) is 30.5 Å². The zero-order chi connectivity index (χ0) is 10.1. The molecule has 0 saturated carbocycles. The third-order valence-electron chi connectivity index (χ3n) is 1.73. The number of carbonyl (C=O) groups is 1. The average Bonchev–Trinajstić information content (AvgIpc) is 2.18. The second-order valence-electron chi connectivity index (χ2n) is 2.77. The maximum atomic E-state index is 9.11. The lowest BCUT2D eigenvalue weighted by atomic mass is 10.1. The van der Waals surface area contributed by atoms with Crippen LogP contribution in [0.5, 0.6) is 5.75 Å². The molecule has 0 aliphatic rings. The van der Waals surface area contributed by atoms with Crippen molar-refractivity contribution in [1.29, 1.82) is 0 Å². The summed E-state index contributed by atoms with van der Waals surface area (Å²) in [6, 6.07) is 7.47. The molecule has 1 aromatic carbocycles. The number of aromatic hydroxyl groups is 1. The second kappa shape index (κ2) is 7.35. The fourth-order valence-electron chi connectivity index (χ4n) is 1.09. The number of hydrogen-bond acceptors (Lipinski definition) is 2. The van der Waals surface area contributed by atoms with E-state index in [2.05, 4.69) is 13.0 Å². The monoisotopic (exact) mass is 180 g/mol. The standard InChI is InChI=1S/C10H14O.CH2O/c1-2-3-5-9-6-4-7-10(11)8-9;1-2/h4,6-8,11H,2-3,5H2,1H3;1H2. The zero-order valence-electron chi connectivity index (χ0n) is 7.99. The van der Waals surface area contributed by atoms with E-state index >= 15 is 0 Å². The largest absolute Gasteiger partial charge is 0.508 e. The lowest BCUT2D eigenvalue weighted by Gasteiger charge is -1.98. The van der Waals surface area contributed by atoms with E-state index in [0.717, 1.165) is 6.42 Å². The number of hydrogen-bond donors (Lipinski definition) is 1. The molecule has 13 heavy (non-hydrogen) atoms. The molecule has 0 aromatic heterocycles. The van der Waals surface area contributed by atoms with Crippen molar-refractivity contribution in [1.82, 2.24) is 0 Å². The Hall–Kier alpha value is -1.31. The van der Waals surface area contributed by atoms with Crippen molar-refractivity contribution in [3.63, 3.8) is 0 Å². The van der Waals surface area contributed by atoms with Crippen molar-refractivity contribution in [2.24, 2.45) is 0 Å². The molecule has 0 fully saturated rings. The van der Waals surface area contributed by atoms with Gasteiger partial charge in [0, 0.05) is 0 Å². The molecule has 0 unspecified atom stereocenters. The summed E-state index contributed by atoms with van der Waals surface area (Å²) in [4.78, 5) is 8.00. The third-order valence-corrected chi connectivity index (χ3v) is 1.73. The Morgan fingerprint density at radius 1 is 1.38 bits per heavy atom. The maximum Gasteiger partial charge on any atom is 0.115 e. The van der Waals surface area contributed by atoms with Crippen LogP contribution < -0.4 is 0 Å². The molecule has 0 saturated heterocycles. The van der Waals surface area contributed by atoms with E-state index < -0.39 is 0 Å². The van der Waals surface area contributed by atoms with Gasteiger partial charge in [-0.25, -0.2) is 0 Å². The minimum absolute atomic E-state index is 0.374. The van der Waals surface area contributed by atoms with Crippen LogP contribution in [0.1, 0.15) is 25.3 Å². The van der Waals surface area contributed by atoms with Crippen molar-refractivity contribution in [2.75, 3.05) is 0 Å². The quantitative estimate of drug-likeness (QED) is 0.776. The molecule has 0 bridgehead atoms. The highest BCUT2D eigenvalue weighted by molar-refractivity contribution is 5.26. The van der Waals surface area contributed by atoms with Crippen LogP contribution >= 0.6 is 0 Å². The summed E-state index contributed by atoms with van der Waals surface area (Å²) >= 11 is 0. The molecule has 1 N–H and O–H groups in total. The Morgan fingerprint density at radius 3 is 2.62 bits per heavy atom. The summed E-state index contributed by atoms with van der Waals surface area (Å²) in [5.41, 5.74) is 1.23. The molecule has 0 spiro atoms. The topological polar surface area (TPSA) is 37.3 Å². The first-order valence-corrected chi connectivity index (χ1v) is 4.39. The summed E-state index contributed by atoms with van der Waals surface area (Å²) < 4.78 is 0. The van der Waals surface area contributed by atoms with Gasteiger partial charge in [-0.2, -0.15) is 0 Å². The van der Waals surface area contributed by atoms with Crippen molar-refractivity contribution in [2.45, 2.75) is 26.2 Å². The van der Waals surface area contributed by atoms with Crippen LogP contribution in [0.15, 0.2) is 24.3 Å². The smallest absolute Gasteiger partial charge is 0.115 e. The molecule has 2 heteroatoms. The zero-order valence-corrected chi connectivity index (χ0v) is 7.99. The predicted octanol–water partition coefficient (Wildman–Crippen LogP) is 2.55. The maximum absolute atomic E-state index is 9.11. The molecule has 0 amide bonds. The summed E-state index contributed by atoms with van der Waals surface area (Å²) in [6.07, 6.45) is 3.48. The molecule has 0 aliphatic heterocycles. The van der Waals surface area contributed by atoms with E-state index in [0.29, 0.717) is 5.75 Å². The number of phenols is 1. The predicted molar refractivity (Wildman–Crippen MR) is 53.8 cm³/mol. The Bertz CT molecular complexity index is 233. The number of rotatable bonds is 3. The highest BCUT2D eigenvalue weighted by Crippen LogP contribution is 2.12. The number of carbonyl (C=O) groups excluding carboxylic acids is 1. The molecule has 0 atom stereocenters. The van der Waals surface area contributed by atoms with Crippen LogP contribution in [0, 0.1) is 0 Å². The van der Waals surface area contributed by atoms with Gasteiger partial charge in [0.05, 0.1) is 0 Å². The van der Waals surface area contributed by atoms with Crippen LogP contribution in [0.3, 0.4) is 0 Å². The van der Waals surface area contributed by atoms with Crippen LogP contribution in [0.4, 0.5) is 0 Å². The van der Waals surface area contributed by atoms with Gasteiger partial charge in [0.15, 0.2) is 0 Å². The number of phenolic OH excluding ortho intramolecular Hbond substituents is 1. The van der Waals surface area contributed by atoms with Gasteiger partial charge in [-0.3, -0.25) is 0 Å². The summed E-state index contributed by atoms with van der Waals surface area (Å²) in [7, 11) is 0. The molecule has 0 aliphatic carbocycles. The first-order valence-electron chi connectivity index (χ1n) is 4.39. The van der Waals surface area contributed by atoms with E-state index in [-0.39, 0.29) is 0 Å². The minimum Gasteiger partial charge on any atom is -0.508 e. The van der Waals surface area contributed by atoms with Crippen LogP contribution in [-0.4, -0.2) is 11.9 Å². The van der Waals surface area contributed by atoms with Gasteiger partial charge in [-0.15, -0.1) is 0 Å². The molecular weight excluding hydrogens is 164 g/mol. The Balaban J connectivity index is 0.000000671. The van der Waals surface area contributed by atoms with E-state index in [1.165, 1.54) is 18.4 Å². The van der Waals surface area contributed by atoms with Crippen LogP contribution in [-0.2, 0) is 11.2 Å². The summed E-state index contributed by atoms with van der Waals surface area (Å²) in [5, 5.41) is 9.11. The van der Waals surface area contributed by atoms with Gasteiger partial charge in [0.2, 0.25) is 0 Å². The van der Waals surface area contributed by atoms with Gasteiger partial charge in [-0.1, -0.05) is 25.5 Å². The lowest BCUT2D eigenvalue weighted by Crippen LogP contribution is -1.82. The molecule has 1 aromatic rings. The first-order chi connectivity index (χ1) is 6.33. The highest BCUT2D eigenvalue weighted by Gasteiger charge is 1.92. The van der Waals surface area contributed by atoms with Crippen molar-refractivity contribution < 1.29 is 9.90 Å². The minimum atomic E-state index is 0.374. The van der Waals surface area contributed by atoms with Crippen LogP contribution in [0.2, 0.25) is 0 Å². The number of aryl methyl sites for hydroxylation is 1. The molecule has 0 radical (unpaired) electrons. The molecule has 2 nitrogen and oxygen atoms in total. The highest BCUT2D eigenvalue weighted by atomic mass is 16.3. The molecular formula is C11H16O2. The fraction of sp³-hybridized carbons (Fsp3) is 0.364. The molecule has 0 heterocycles. The number of benzene rings is 1. The van der Waals surface area contributed by atoms with Crippen molar-refractivity contribution >= 4 is 6.79 Å². The Morgan fingerprint density at radius 2 is 2.08 bits per heavy atom. The van der Waals surface area contributed by atoms with E-state index in [1.807, 2.05) is 18.9 Å². The lowest BCUT2D eigenvalue weighted by molar-refractivity contribution is -0.0979. The first kappa shape index (κ1) is 11.7. The fourth-order valence-corrected chi connectivity index (χ4v) is 1.09. The van der Waals surface area contributed by atoms with E-state index in [4.69, 9.17) is 9.90 Å². The van der Waals surface area contributed by atoms with Gasteiger partial charge < -0.3 is 9.90 Å². The second-order valence-corrected chi connectivity index (χ2v) is 2.77. The Kier molecular flexibility index (Phi) is 6.60. The van der Waals surface area contributed by atoms with E-state index in [1.54, 1.807) is 6.07 Å². The van der Waals surface area contributed by atoms with Crippen LogP contribution in [0.25, 0.3) is 0 Å². The van der Waals surface area contributed by atoms with Gasteiger partial charge in [0.25, 0.3) is 0 Å². The third kappa shape index (κ3) is 5.01. The summed E-state index contributed by atoms with van der Waals surface area (Å²) in [5.74, 6) is 0.374. The van der Waals surface area contributed by atoms with Gasteiger partial charge in [0.1, 0.15) is 12.5 Å². The molecule has 72 valence electrons. The van der Waals surface area contributed by atoms with Crippen molar-refractivity contribution in [3.05, 3.63) is 29.8 Å². The van der Waals surface area contributed by atoms with Gasteiger partial charge >= 0.3 is 0 Å². The Labute approximate surface area is 79.2 Å². The van der Waals surface area contributed by atoms with Crippen molar-refractivity contribution in [3.8, 4) is 5.75 Å². The normalized spacial score (nSPS) is 8.69. The summed E-state index contributed by atoms with van der Waals surface area (Å²) in [6.45, 7) is 4.17. The SMILES string of the molecule is C=O.CCCCc1cccc(O)c1. The van der Waals surface area contributed by atoms with E-state index in [9.17, 15) is 0 Å². The average molecular weight is 180 g/mol.